The Bertz CT molecular complexity index is 509. The number of nitrogens with two attached hydrogens (primary N) is 1. The molecule has 0 bridgehead atoms. The fourth-order valence-electron chi connectivity index (χ4n) is 1.44. The summed E-state index contributed by atoms with van der Waals surface area (Å²) >= 11 is 0. The van der Waals surface area contributed by atoms with Gasteiger partial charge >= 0.3 is 0 Å². The fraction of sp³-hybridized carbons (Fsp3) is 0.154. The van der Waals surface area contributed by atoms with Crippen LogP contribution in [-0.2, 0) is 16.1 Å². The van der Waals surface area contributed by atoms with Gasteiger partial charge in [0.05, 0.1) is 17.6 Å². The summed E-state index contributed by atoms with van der Waals surface area (Å²) in [6, 6.07) is 10.6. The number of anilines is 2. The van der Waals surface area contributed by atoms with Gasteiger partial charge in [0, 0.05) is 0 Å². The summed E-state index contributed by atoms with van der Waals surface area (Å²) in [6.45, 7) is 0.222. The zero-order valence-corrected chi connectivity index (χ0v) is 9.76. The van der Waals surface area contributed by atoms with Crippen molar-refractivity contribution in [2.75, 3.05) is 17.7 Å². The number of para-hydroxylation sites is 2. The highest BCUT2D eigenvalue weighted by Gasteiger charge is 2.05. The number of furan rings is 1. The molecule has 0 aliphatic heterocycles. The predicted molar refractivity (Wildman–Crippen MR) is 67.8 cm³/mol. The van der Waals surface area contributed by atoms with Crippen molar-refractivity contribution in [2.24, 2.45) is 0 Å². The molecule has 5 nitrogen and oxygen atoms in total. The number of carbonyl (C=O) groups is 1. The minimum atomic E-state index is -0.251. The molecule has 1 amide bonds. The zero-order chi connectivity index (χ0) is 12.8. The van der Waals surface area contributed by atoms with E-state index in [1.54, 1.807) is 42.7 Å². The molecule has 94 valence electrons. The van der Waals surface area contributed by atoms with Crippen LogP contribution in [0.2, 0.25) is 0 Å². The van der Waals surface area contributed by atoms with Gasteiger partial charge in [0.2, 0.25) is 5.91 Å². The fourth-order valence-corrected chi connectivity index (χ4v) is 1.44. The number of hydrogen-bond donors (Lipinski definition) is 2. The van der Waals surface area contributed by atoms with Crippen LogP contribution < -0.4 is 11.1 Å². The highest BCUT2D eigenvalue weighted by molar-refractivity contribution is 5.94. The average Bonchev–Trinajstić information content (AvgIpc) is 2.85. The van der Waals surface area contributed by atoms with Gasteiger partial charge in [-0.25, -0.2) is 0 Å². The third-order valence-corrected chi connectivity index (χ3v) is 2.29. The van der Waals surface area contributed by atoms with Crippen molar-refractivity contribution in [3.8, 4) is 0 Å². The molecular weight excluding hydrogens is 232 g/mol. The Morgan fingerprint density at radius 2 is 2.11 bits per heavy atom. The molecule has 1 aromatic carbocycles. The minimum Gasteiger partial charge on any atom is -0.467 e. The smallest absolute Gasteiger partial charge is 0.250 e. The molecule has 0 fully saturated rings. The van der Waals surface area contributed by atoms with Gasteiger partial charge in [-0.1, -0.05) is 12.1 Å². The Hall–Kier alpha value is -2.27. The Morgan fingerprint density at radius 1 is 1.28 bits per heavy atom. The zero-order valence-electron chi connectivity index (χ0n) is 9.76. The van der Waals surface area contributed by atoms with Crippen molar-refractivity contribution in [1.29, 1.82) is 0 Å². The SMILES string of the molecule is Nc1ccccc1NC(=O)COCc1ccco1. The van der Waals surface area contributed by atoms with Crippen LogP contribution in [0.4, 0.5) is 11.4 Å². The van der Waals surface area contributed by atoms with Crippen molar-refractivity contribution in [2.45, 2.75) is 6.61 Å². The summed E-state index contributed by atoms with van der Waals surface area (Å²) < 4.78 is 10.3. The van der Waals surface area contributed by atoms with E-state index < -0.39 is 0 Å². The number of amides is 1. The molecule has 1 heterocycles. The first-order chi connectivity index (χ1) is 8.75. The van der Waals surface area contributed by atoms with Gasteiger partial charge in [-0.05, 0) is 24.3 Å². The van der Waals surface area contributed by atoms with Gasteiger partial charge in [0.25, 0.3) is 0 Å². The van der Waals surface area contributed by atoms with Crippen molar-refractivity contribution >= 4 is 17.3 Å². The highest BCUT2D eigenvalue weighted by Crippen LogP contribution is 2.16. The molecule has 2 rings (SSSR count). The van der Waals surface area contributed by atoms with E-state index >= 15 is 0 Å². The molecule has 0 radical (unpaired) electrons. The van der Waals surface area contributed by atoms with E-state index in [1.165, 1.54) is 0 Å². The Kier molecular flexibility index (Phi) is 3.98. The molecule has 3 N–H and O–H groups in total. The molecule has 1 aromatic heterocycles. The third-order valence-electron chi connectivity index (χ3n) is 2.29. The quantitative estimate of drug-likeness (QED) is 0.791. The lowest BCUT2D eigenvalue weighted by atomic mass is 10.3. The van der Waals surface area contributed by atoms with Gasteiger partial charge in [-0.15, -0.1) is 0 Å². The normalized spacial score (nSPS) is 10.2. The summed E-state index contributed by atoms with van der Waals surface area (Å²) in [4.78, 5) is 11.6. The Labute approximate surface area is 105 Å². The van der Waals surface area contributed by atoms with Crippen molar-refractivity contribution in [3.63, 3.8) is 0 Å². The van der Waals surface area contributed by atoms with Crippen LogP contribution in [0.1, 0.15) is 5.76 Å². The lowest BCUT2D eigenvalue weighted by Gasteiger charge is -2.07. The average molecular weight is 246 g/mol. The summed E-state index contributed by atoms with van der Waals surface area (Å²) in [6.07, 6.45) is 1.56. The molecule has 2 aromatic rings. The van der Waals surface area contributed by atoms with Gasteiger partial charge in [-0.3, -0.25) is 4.79 Å². The number of nitrogens with one attached hydrogen (secondary N) is 1. The van der Waals surface area contributed by atoms with Gasteiger partial charge in [0.15, 0.2) is 0 Å². The molecule has 5 heteroatoms. The van der Waals surface area contributed by atoms with Crippen LogP contribution in [-0.4, -0.2) is 12.5 Å². The van der Waals surface area contributed by atoms with Crippen molar-refractivity contribution in [3.05, 3.63) is 48.4 Å². The molecule has 0 unspecified atom stereocenters. The second kappa shape index (κ2) is 5.88. The van der Waals surface area contributed by atoms with Gasteiger partial charge in [-0.2, -0.15) is 0 Å². The first kappa shape index (κ1) is 12.2. The third kappa shape index (κ3) is 3.36. The van der Waals surface area contributed by atoms with E-state index in [9.17, 15) is 4.79 Å². The molecule has 0 saturated carbocycles. The molecular formula is C13H14N2O3. The number of hydrogen-bond acceptors (Lipinski definition) is 4. The van der Waals surface area contributed by atoms with Crippen LogP contribution in [0.3, 0.4) is 0 Å². The largest absolute Gasteiger partial charge is 0.467 e. The summed E-state index contributed by atoms with van der Waals surface area (Å²) in [7, 11) is 0. The predicted octanol–water partition coefficient (Wildman–Crippen LogP) is 2.02. The van der Waals surface area contributed by atoms with Crippen LogP contribution in [0, 0.1) is 0 Å². The molecule has 18 heavy (non-hydrogen) atoms. The van der Waals surface area contributed by atoms with E-state index in [-0.39, 0.29) is 19.1 Å². The second-order valence-corrected chi connectivity index (χ2v) is 3.71. The van der Waals surface area contributed by atoms with E-state index in [1.807, 2.05) is 0 Å². The maximum atomic E-state index is 11.6. The van der Waals surface area contributed by atoms with Crippen molar-refractivity contribution in [1.82, 2.24) is 0 Å². The van der Waals surface area contributed by atoms with Gasteiger partial charge in [0.1, 0.15) is 19.0 Å². The lowest BCUT2D eigenvalue weighted by Crippen LogP contribution is -2.18. The first-order valence-corrected chi connectivity index (χ1v) is 5.50. The molecule has 0 aliphatic rings. The minimum absolute atomic E-state index is 0.0466. The maximum absolute atomic E-state index is 11.6. The summed E-state index contributed by atoms with van der Waals surface area (Å²) in [5.41, 5.74) is 6.82. The highest BCUT2D eigenvalue weighted by atomic mass is 16.5. The first-order valence-electron chi connectivity index (χ1n) is 5.50. The van der Waals surface area contributed by atoms with Crippen LogP contribution >= 0.6 is 0 Å². The Balaban J connectivity index is 1.77. The molecule has 0 saturated heterocycles. The summed E-state index contributed by atoms with van der Waals surface area (Å²) in [5, 5.41) is 2.67. The van der Waals surface area contributed by atoms with Crippen LogP contribution in [0.25, 0.3) is 0 Å². The second-order valence-electron chi connectivity index (χ2n) is 3.71. The van der Waals surface area contributed by atoms with Crippen molar-refractivity contribution < 1.29 is 13.9 Å². The van der Waals surface area contributed by atoms with E-state index in [0.717, 1.165) is 0 Å². The van der Waals surface area contributed by atoms with Crippen LogP contribution in [0.15, 0.2) is 47.1 Å². The summed E-state index contributed by atoms with van der Waals surface area (Å²) in [5.74, 6) is 0.432. The number of carbonyl (C=O) groups excluding carboxylic acids is 1. The standard InChI is InChI=1S/C13H14N2O3/c14-11-5-1-2-6-12(11)15-13(16)9-17-8-10-4-3-7-18-10/h1-7H,8-9,14H2,(H,15,16). The lowest BCUT2D eigenvalue weighted by molar-refractivity contribution is -0.121. The van der Waals surface area contributed by atoms with E-state index in [0.29, 0.717) is 17.1 Å². The van der Waals surface area contributed by atoms with Crippen LogP contribution in [0.5, 0.6) is 0 Å². The number of nitrogen functional groups attached to an aromatic ring is 1. The Morgan fingerprint density at radius 3 is 2.83 bits per heavy atom. The van der Waals surface area contributed by atoms with Gasteiger partial charge < -0.3 is 20.2 Å². The number of rotatable bonds is 5. The molecule has 0 spiro atoms. The monoisotopic (exact) mass is 246 g/mol. The van der Waals surface area contributed by atoms with E-state index in [4.69, 9.17) is 14.9 Å². The number of ether oxygens (including phenoxy) is 1. The molecule has 0 aliphatic carbocycles. The maximum Gasteiger partial charge on any atom is 0.250 e. The molecule has 0 atom stereocenters. The van der Waals surface area contributed by atoms with E-state index in [2.05, 4.69) is 5.32 Å². The number of benzene rings is 1. The topological polar surface area (TPSA) is 77.5 Å².